The molecular formula is C17H24N6O2. The Morgan fingerprint density at radius 1 is 1.24 bits per heavy atom. The molecule has 25 heavy (non-hydrogen) atoms. The van der Waals surface area contributed by atoms with Crippen LogP contribution in [0.2, 0.25) is 0 Å². The van der Waals surface area contributed by atoms with E-state index in [9.17, 15) is 4.79 Å². The van der Waals surface area contributed by atoms with Gasteiger partial charge in [-0.15, -0.1) is 0 Å². The summed E-state index contributed by atoms with van der Waals surface area (Å²) in [7, 11) is 0. The SMILES string of the molecule is CCOc1nccnc1NC1CCN(C(=O)c2ccnn2CC)CC1. The number of likely N-dealkylation sites (tertiary alicyclic amines) is 1. The Balaban J connectivity index is 1.58. The van der Waals surface area contributed by atoms with Gasteiger partial charge in [-0.25, -0.2) is 9.97 Å². The Morgan fingerprint density at radius 3 is 2.72 bits per heavy atom. The molecule has 2 aromatic heterocycles. The lowest BCUT2D eigenvalue weighted by Gasteiger charge is -2.32. The van der Waals surface area contributed by atoms with Crippen LogP contribution in [0.3, 0.4) is 0 Å². The number of ether oxygens (including phenoxy) is 1. The molecule has 1 amide bonds. The minimum atomic E-state index is 0.0484. The van der Waals surface area contributed by atoms with Gasteiger partial charge in [0.05, 0.1) is 6.61 Å². The number of nitrogens with zero attached hydrogens (tertiary/aromatic N) is 5. The number of rotatable bonds is 6. The van der Waals surface area contributed by atoms with Gasteiger partial charge in [-0.05, 0) is 32.8 Å². The third-order valence-electron chi connectivity index (χ3n) is 4.30. The zero-order chi connectivity index (χ0) is 17.6. The maximum absolute atomic E-state index is 12.6. The maximum Gasteiger partial charge on any atom is 0.272 e. The largest absolute Gasteiger partial charge is 0.475 e. The number of hydrogen-bond acceptors (Lipinski definition) is 6. The average Bonchev–Trinajstić information content (AvgIpc) is 3.12. The van der Waals surface area contributed by atoms with Crippen molar-refractivity contribution in [1.29, 1.82) is 0 Å². The maximum atomic E-state index is 12.6. The van der Waals surface area contributed by atoms with Crippen molar-refractivity contribution < 1.29 is 9.53 Å². The Labute approximate surface area is 147 Å². The van der Waals surface area contributed by atoms with Gasteiger partial charge in [0.1, 0.15) is 5.69 Å². The molecule has 3 rings (SSSR count). The van der Waals surface area contributed by atoms with Gasteiger partial charge in [0.2, 0.25) is 0 Å². The molecule has 134 valence electrons. The molecule has 1 saturated heterocycles. The first-order valence-corrected chi connectivity index (χ1v) is 8.74. The highest BCUT2D eigenvalue weighted by Crippen LogP contribution is 2.22. The summed E-state index contributed by atoms with van der Waals surface area (Å²) in [6.45, 7) is 6.55. The van der Waals surface area contributed by atoms with E-state index in [1.165, 1.54) is 0 Å². The summed E-state index contributed by atoms with van der Waals surface area (Å²) < 4.78 is 7.24. The van der Waals surface area contributed by atoms with Crippen LogP contribution in [0.5, 0.6) is 5.88 Å². The molecule has 0 aliphatic carbocycles. The molecule has 0 atom stereocenters. The quantitative estimate of drug-likeness (QED) is 0.860. The van der Waals surface area contributed by atoms with Gasteiger partial charge in [-0.3, -0.25) is 9.48 Å². The molecule has 0 bridgehead atoms. The van der Waals surface area contributed by atoms with Gasteiger partial charge in [0.15, 0.2) is 5.82 Å². The summed E-state index contributed by atoms with van der Waals surface area (Å²) in [5, 5.41) is 7.57. The molecule has 2 aromatic rings. The van der Waals surface area contributed by atoms with Gasteiger partial charge in [0.25, 0.3) is 11.8 Å². The van der Waals surface area contributed by atoms with E-state index in [1.54, 1.807) is 29.3 Å². The molecule has 8 heteroatoms. The van der Waals surface area contributed by atoms with Crippen LogP contribution >= 0.6 is 0 Å². The number of nitrogens with one attached hydrogen (secondary N) is 1. The highest BCUT2D eigenvalue weighted by molar-refractivity contribution is 5.92. The van der Waals surface area contributed by atoms with Crippen molar-refractivity contribution in [3.05, 3.63) is 30.4 Å². The third-order valence-corrected chi connectivity index (χ3v) is 4.30. The molecule has 1 aliphatic rings. The lowest BCUT2D eigenvalue weighted by molar-refractivity contribution is 0.0705. The average molecular weight is 344 g/mol. The summed E-state index contributed by atoms with van der Waals surface area (Å²) >= 11 is 0. The van der Waals surface area contributed by atoms with Crippen LogP contribution in [0.4, 0.5) is 5.82 Å². The van der Waals surface area contributed by atoms with E-state index in [0.717, 1.165) is 12.8 Å². The van der Waals surface area contributed by atoms with Gasteiger partial charge in [-0.1, -0.05) is 0 Å². The number of piperidine rings is 1. The Hall–Kier alpha value is -2.64. The fourth-order valence-corrected chi connectivity index (χ4v) is 3.02. The number of amides is 1. The van der Waals surface area contributed by atoms with E-state index in [4.69, 9.17) is 4.74 Å². The molecule has 1 aliphatic heterocycles. The van der Waals surface area contributed by atoms with Crippen molar-refractivity contribution in [3.8, 4) is 5.88 Å². The minimum absolute atomic E-state index is 0.0484. The van der Waals surface area contributed by atoms with E-state index in [2.05, 4.69) is 20.4 Å². The van der Waals surface area contributed by atoms with Crippen LogP contribution in [-0.4, -0.2) is 56.3 Å². The zero-order valence-corrected chi connectivity index (χ0v) is 14.7. The number of anilines is 1. The number of hydrogen-bond donors (Lipinski definition) is 1. The molecule has 1 N–H and O–H groups in total. The Morgan fingerprint density at radius 2 is 2.00 bits per heavy atom. The van der Waals surface area contributed by atoms with Gasteiger partial charge in [-0.2, -0.15) is 5.10 Å². The first kappa shape index (κ1) is 17.2. The second-order valence-electron chi connectivity index (χ2n) is 5.89. The Kier molecular flexibility index (Phi) is 5.47. The number of carbonyl (C=O) groups is 1. The summed E-state index contributed by atoms with van der Waals surface area (Å²) in [6, 6.07) is 2.03. The van der Waals surface area contributed by atoms with Gasteiger partial charge >= 0.3 is 0 Å². The van der Waals surface area contributed by atoms with Crippen molar-refractivity contribution in [2.24, 2.45) is 0 Å². The van der Waals surface area contributed by atoms with Crippen molar-refractivity contribution in [2.45, 2.75) is 39.3 Å². The van der Waals surface area contributed by atoms with E-state index >= 15 is 0 Å². The molecular weight excluding hydrogens is 320 g/mol. The van der Waals surface area contributed by atoms with Crippen molar-refractivity contribution >= 4 is 11.7 Å². The van der Waals surface area contributed by atoms with Crippen LogP contribution in [0.15, 0.2) is 24.7 Å². The van der Waals surface area contributed by atoms with E-state index in [0.29, 0.717) is 43.6 Å². The highest BCUT2D eigenvalue weighted by atomic mass is 16.5. The standard InChI is InChI=1S/C17H24N6O2/c1-3-23-14(5-8-20-23)17(24)22-11-6-13(7-12-22)21-15-16(25-4-2)19-10-9-18-15/h5,8-10,13H,3-4,6-7,11-12H2,1-2H3,(H,18,21). The predicted molar refractivity (Wildman–Crippen MR) is 93.7 cm³/mol. The molecule has 0 spiro atoms. The van der Waals surface area contributed by atoms with E-state index in [1.807, 2.05) is 18.7 Å². The first-order chi connectivity index (χ1) is 12.2. The molecule has 0 saturated carbocycles. The zero-order valence-electron chi connectivity index (χ0n) is 14.7. The molecule has 0 unspecified atom stereocenters. The number of aryl methyl sites for hydroxylation is 1. The van der Waals surface area contributed by atoms with Crippen LogP contribution in [0.1, 0.15) is 37.2 Å². The predicted octanol–water partition coefficient (Wildman–Crippen LogP) is 1.81. The topological polar surface area (TPSA) is 85.2 Å². The fourth-order valence-electron chi connectivity index (χ4n) is 3.02. The lowest BCUT2D eigenvalue weighted by Crippen LogP contribution is -2.43. The van der Waals surface area contributed by atoms with Crippen LogP contribution in [0, 0.1) is 0 Å². The van der Waals surface area contributed by atoms with Crippen molar-refractivity contribution in [2.75, 3.05) is 25.0 Å². The molecule has 3 heterocycles. The normalized spacial score (nSPS) is 15.2. The van der Waals surface area contributed by atoms with Crippen LogP contribution in [0.25, 0.3) is 0 Å². The summed E-state index contributed by atoms with van der Waals surface area (Å²) in [6.07, 6.45) is 6.65. The second kappa shape index (κ2) is 7.96. The van der Waals surface area contributed by atoms with Gasteiger partial charge < -0.3 is 15.0 Å². The van der Waals surface area contributed by atoms with E-state index < -0.39 is 0 Å². The van der Waals surface area contributed by atoms with Crippen LogP contribution < -0.4 is 10.1 Å². The molecule has 8 nitrogen and oxygen atoms in total. The number of carbonyl (C=O) groups excluding carboxylic acids is 1. The van der Waals surface area contributed by atoms with Crippen molar-refractivity contribution in [3.63, 3.8) is 0 Å². The second-order valence-corrected chi connectivity index (χ2v) is 5.89. The fraction of sp³-hybridized carbons (Fsp3) is 0.529. The lowest BCUT2D eigenvalue weighted by atomic mass is 10.0. The van der Waals surface area contributed by atoms with Crippen LogP contribution in [-0.2, 0) is 6.54 Å². The monoisotopic (exact) mass is 344 g/mol. The summed E-state index contributed by atoms with van der Waals surface area (Å²) in [5.74, 6) is 1.24. The summed E-state index contributed by atoms with van der Waals surface area (Å²) in [4.78, 5) is 23.1. The Bertz CT molecular complexity index is 709. The minimum Gasteiger partial charge on any atom is -0.475 e. The van der Waals surface area contributed by atoms with Crippen molar-refractivity contribution in [1.82, 2.24) is 24.6 Å². The van der Waals surface area contributed by atoms with E-state index in [-0.39, 0.29) is 11.9 Å². The number of aromatic nitrogens is 4. The molecule has 0 aromatic carbocycles. The third kappa shape index (κ3) is 3.89. The summed E-state index contributed by atoms with van der Waals surface area (Å²) in [5.41, 5.74) is 0.654. The first-order valence-electron chi connectivity index (χ1n) is 8.74. The van der Waals surface area contributed by atoms with Gasteiger partial charge in [0, 0.05) is 44.3 Å². The highest BCUT2D eigenvalue weighted by Gasteiger charge is 2.26. The molecule has 0 radical (unpaired) electrons. The molecule has 1 fully saturated rings. The smallest absolute Gasteiger partial charge is 0.272 e.